The molecule has 0 aliphatic carbocycles. The van der Waals surface area contributed by atoms with Gasteiger partial charge in [0.1, 0.15) is 0 Å². The van der Waals surface area contributed by atoms with Crippen LogP contribution in [0.1, 0.15) is 114 Å². The van der Waals surface area contributed by atoms with Crippen molar-refractivity contribution in [1.29, 1.82) is 0 Å². The first-order valence-electron chi connectivity index (χ1n) is 10.2. The highest BCUT2D eigenvalue weighted by Gasteiger charge is 1.79. The van der Waals surface area contributed by atoms with E-state index in [9.17, 15) is 0 Å². The third-order valence-corrected chi connectivity index (χ3v) is 2.87. The maximum absolute atomic E-state index is 5.21. The Morgan fingerprint density at radius 3 is 1.00 bits per heavy atom. The van der Waals surface area contributed by atoms with Gasteiger partial charge in [-0.15, -0.1) is 0 Å². The number of nitrogens with one attached hydrogen (secondary N) is 2. The van der Waals surface area contributed by atoms with Gasteiger partial charge in [0.2, 0.25) is 0 Å². The Labute approximate surface area is 164 Å². The fourth-order valence-corrected chi connectivity index (χ4v) is 1.50. The molecule has 0 aromatic rings. The summed E-state index contributed by atoms with van der Waals surface area (Å²) in [5, 5.41) is 6.20. The fraction of sp³-hybridized carbons (Fsp3) is 1.00. The van der Waals surface area contributed by atoms with Crippen LogP contribution in [0.3, 0.4) is 0 Å². The topological polar surface area (TPSA) is 50.1 Å². The Bertz CT molecular complexity index is 108. The van der Waals surface area contributed by atoms with E-state index in [1.165, 1.54) is 77.3 Å². The molecule has 0 unspecified atom stereocenters. The lowest BCUT2D eigenvalue weighted by molar-refractivity contribution is 0.667. The molecule has 162 valence electrons. The second-order valence-electron chi connectivity index (χ2n) is 5.82. The minimum atomic E-state index is 0. The van der Waals surface area contributed by atoms with Crippen molar-refractivity contribution in [2.45, 2.75) is 114 Å². The van der Waals surface area contributed by atoms with Crippen molar-refractivity contribution < 1.29 is 0 Å². The predicted molar refractivity (Wildman–Crippen MR) is 125 cm³/mol. The lowest BCUT2D eigenvalue weighted by Gasteiger charge is -1.93. The Morgan fingerprint density at radius 2 is 0.840 bits per heavy atom. The van der Waals surface area contributed by atoms with Crippen molar-refractivity contribution in [3.8, 4) is 0 Å². The van der Waals surface area contributed by atoms with Crippen molar-refractivity contribution in [2.75, 3.05) is 33.7 Å². The van der Waals surface area contributed by atoms with E-state index in [4.69, 9.17) is 5.73 Å². The highest BCUT2D eigenvalue weighted by molar-refractivity contribution is 4.39. The van der Waals surface area contributed by atoms with Crippen molar-refractivity contribution in [1.82, 2.24) is 10.6 Å². The molecule has 0 amide bonds. The van der Waals surface area contributed by atoms with Crippen LogP contribution in [0, 0.1) is 0 Å². The van der Waals surface area contributed by atoms with E-state index in [0.717, 1.165) is 6.54 Å². The summed E-state index contributed by atoms with van der Waals surface area (Å²) in [5.41, 5.74) is 5.21. The van der Waals surface area contributed by atoms with Gasteiger partial charge in [-0.1, -0.05) is 94.4 Å². The molecule has 0 atom stereocenters. The Kier molecular flexibility index (Phi) is 89.9. The molecule has 0 spiro atoms. The first-order valence-corrected chi connectivity index (χ1v) is 10.2. The van der Waals surface area contributed by atoms with Gasteiger partial charge in [-0.25, -0.2) is 0 Å². The molecule has 3 heteroatoms. The van der Waals surface area contributed by atoms with Gasteiger partial charge in [-0.3, -0.25) is 0 Å². The number of unbranched alkanes of at least 4 members (excludes halogenated alkanes) is 6. The van der Waals surface area contributed by atoms with E-state index in [0.29, 0.717) is 0 Å². The monoisotopic (exact) mass is 365 g/mol. The molecule has 0 aliphatic rings. The quantitative estimate of drug-likeness (QED) is 0.361. The fourth-order valence-electron chi connectivity index (χ4n) is 1.50. The van der Waals surface area contributed by atoms with Crippen LogP contribution in [0.25, 0.3) is 0 Å². The molecule has 0 rings (SSSR count). The van der Waals surface area contributed by atoms with Crippen LogP contribution in [-0.4, -0.2) is 33.7 Å². The van der Waals surface area contributed by atoms with E-state index >= 15 is 0 Å². The molecule has 0 aromatic heterocycles. The van der Waals surface area contributed by atoms with E-state index < -0.39 is 0 Å². The number of rotatable bonds is 11. The number of nitrogens with two attached hydrogens (primary N) is 1. The van der Waals surface area contributed by atoms with Crippen molar-refractivity contribution in [3.05, 3.63) is 0 Å². The lowest BCUT2D eigenvalue weighted by Crippen LogP contribution is -2.06. The molecular weight excluding hydrogens is 306 g/mol. The van der Waals surface area contributed by atoms with Crippen LogP contribution < -0.4 is 16.4 Å². The minimum absolute atomic E-state index is 0. The predicted octanol–water partition coefficient (Wildman–Crippen LogP) is 6.62. The first-order chi connectivity index (χ1) is 11.2. The van der Waals surface area contributed by atoms with Gasteiger partial charge < -0.3 is 16.4 Å². The summed E-state index contributed by atoms with van der Waals surface area (Å²) in [5.74, 6) is 0. The summed E-state index contributed by atoms with van der Waals surface area (Å²) in [6, 6.07) is 0. The van der Waals surface area contributed by atoms with Gasteiger partial charge in [0, 0.05) is 0 Å². The third-order valence-electron chi connectivity index (χ3n) is 2.87. The molecule has 0 aromatic carbocycles. The molecule has 3 nitrogen and oxygen atoms in total. The average molecular weight is 366 g/mol. The molecule has 0 saturated heterocycles. The molecule has 4 N–H and O–H groups in total. The number of hydrogen-bond acceptors (Lipinski definition) is 3. The van der Waals surface area contributed by atoms with Gasteiger partial charge in [-0.2, -0.15) is 0 Å². The Morgan fingerprint density at radius 1 is 0.560 bits per heavy atom. The van der Waals surface area contributed by atoms with E-state index in [1.807, 2.05) is 14.1 Å². The van der Waals surface area contributed by atoms with Crippen LogP contribution >= 0.6 is 0 Å². The summed E-state index contributed by atoms with van der Waals surface area (Å²) in [6.45, 7) is 14.1. The van der Waals surface area contributed by atoms with E-state index in [-0.39, 0.29) is 14.9 Å². The maximum atomic E-state index is 5.21. The summed E-state index contributed by atoms with van der Waals surface area (Å²) in [4.78, 5) is 0. The summed E-state index contributed by atoms with van der Waals surface area (Å²) in [6.07, 6.45) is 13.0. The third kappa shape index (κ3) is 96.6. The van der Waals surface area contributed by atoms with Crippen molar-refractivity contribution in [3.63, 3.8) is 0 Å². The summed E-state index contributed by atoms with van der Waals surface area (Å²) >= 11 is 0. The summed E-state index contributed by atoms with van der Waals surface area (Å²) in [7, 11) is 3.99. The molecule has 0 bridgehead atoms. The zero-order valence-corrected chi connectivity index (χ0v) is 17.8. The Hall–Kier alpha value is -0.120. The molecular formula is C22H59N3. The SMILES string of the molecule is C.C.CCC.CCCCCN.CCCCCNC.CCCCCNC. The molecule has 25 heavy (non-hydrogen) atoms. The number of hydrogen-bond donors (Lipinski definition) is 3. The molecule has 0 fully saturated rings. The van der Waals surface area contributed by atoms with Gasteiger partial charge in [0.05, 0.1) is 0 Å². The summed E-state index contributed by atoms with van der Waals surface area (Å²) < 4.78 is 0. The Balaban J connectivity index is -0.0000000485. The highest BCUT2D eigenvalue weighted by Crippen LogP contribution is 1.90. The zero-order chi connectivity index (χ0) is 18.6. The smallest absolute Gasteiger partial charge is 0.00519 e. The van der Waals surface area contributed by atoms with E-state index in [1.54, 1.807) is 0 Å². The first kappa shape index (κ1) is 39.8. The van der Waals surface area contributed by atoms with Crippen molar-refractivity contribution in [2.24, 2.45) is 5.73 Å². The van der Waals surface area contributed by atoms with Crippen LogP contribution in [-0.2, 0) is 0 Å². The zero-order valence-electron chi connectivity index (χ0n) is 17.8. The average Bonchev–Trinajstić information content (AvgIpc) is 2.56. The van der Waals surface area contributed by atoms with E-state index in [2.05, 4.69) is 45.3 Å². The normalized spacial score (nSPS) is 8.16. The van der Waals surface area contributed by atoms with Crippen LogP contribution in [0.2, 0.25) is 0 Å². The largest absolute Gasteiger partial charge is 0.330 e. The molecule has 0 heterocycles. The van der Waals surface area contributed by atoms with Crippen LogP contribution in [0.5, 0.6) is 0 Å². The second kappa shape index (κ2) is 56.5. The van der Waals surface area contributed by atoms with Crippen molar-refractivity contribution >= 4 is 0 Å². The van der Waals surface area contributed by atoms with Crippen LogP contribution in [0.4, 0.5) is 0 Å². The second-order valence-corrected chi connectivity index (χ2v) is 5.82. The minimum Gasteiger partial charge on any atom is -0.330 e. The van der Waals surface area contributed by atoms with Gasteiger partial charge in [-0.05, 0) is 53.0 Å². The van der Waals surface area contributed by atoms with Gasteiger partial charge in [0.15, 0.2) is 0 Å². The van der Waals surface area contributed by atoms with Gasteiger partial charge in [0.25, 0.3) is 0 Å². The molecule has 0 aliphatic heterocycles. The maximum Gasteiger partial charge on any atom is -0.00519 e. The molecule has 0 saturated carbocycles. The van der Waals surface area contributed by atoms with Crippen LogP contribution in [0.15, 0.2) is 0 Å². The molecule has 0 radical (unpaired) electrons. The lowest BCUT2D eigenvalue weighted by atomic mass is 10.2. The highest BCUT2D eigenvalue weighted by atomic mass is 14.8. The van der Waals surface area contributed by atoms with Gasteiger partial charge >= 0.3 is 0 Å². The standard InChI is InChI=1S/2C6H15N.C5H13N.C3H8.2CH4/c2*1-3-4-5-6-7-2;1-2-3-4-5-6;1-3-2;;/h2*7H,3-6H2,1-2H3;2-6H2,1H3;3H2,1-2H3;2*1H4.